The van der Waals surface area contributed by atoms with E-state index in [0.717, 1.165) is 0 Å². The Morgan fingerprint density at radius 1 is 1.53 bits per heavy atom. The van der Waals surface area contributed by atoms with Crippen molar-refractivity contribution in [2.45, 2.75) is 6.92 Å². The van der Waals surface area contributed by atoms with E-state index < -0.39 is 11.9 Å². The number of ether oxygens (including phenoxy) is 1. The molecule has 0 atom stereocenters. The standard InChI is InChI=1S/C11H12N4O3S/c1-3-18-11(17)7-4-5-19-10(7)12-9(16)8-6-15(2)14-13-8/h4-6H,3H2,1-2H3,(H,12,16). The number of rotatable bonds is 4. The number of esters is 1. The minimum atomic E-state index is -0.460. The number of anilines is 1. The number of nitrogens with zero attached hydrogens (tertiary/aromatic N) is 3. The summed E-state index contributed by atoms with van der Waals surface area (Å²) in [4.78, 5) is 23.5. The summed E-state index contributed by atoms with van der Waals surface area (Å²) in [6.45, 7) is 2.01. The van der Waals surface area contributed by atoms with Crippen molar-refractivity contribution in [1.29, 1.82) is 0 Å². The molecule has 2 rings (SSSR count). The molecule has 0 aliphatic carbocycles. The number of hydrogen-bond acceptors (Lipinski definition) is 6. The predicted octanol–water partition coefficient (Wildman–Crippen LogP) is 1.31. The van der Waals surface area contributed by atoms with Crippen molar-refractivity contribution in [1.82, 2.24) is 15.0 Å². The van der Waals surface area contributed by atoms with Crippen LogP contribution in [0.15, 0.2) is 17.6 Å². The van der Waals surface area contributed by atoms with Gasteiger partial charge in [0.2, 0.25) is 0 Å². The van der Waals surface area contributed by atoms with E-state index in [1.165, 1.54) is 22.2 Å². The maximum absolute atomic E-state index is 11.9. The lowest BCUT2D eigenvalue weighted by Crippen LogP contribution is -2.14. The second kappa shape index (κ2) is 5.61. The van der Waals surface area contributed by atoms with Crippen molar-refractivity contribution in [3.8, 4) is 0 Å². The normalized spacial score (nSPS) is 10.2. The Morgan fingerprint density at radius 3 is 2.95 bits per heavy atom. The fraction of sp³-hybridized carbons (Fsp3) is 0.273. The minimum absolute atomic E-state index is 0.186. The van der Waals surface area contributed by atoms with Gasteiger partial charge in [-0.25, -0.2) is 4.79 Å². The van der Waals surface area contributed by atoms with Gasteiger partial charge in [-0.1, -0.05) is 5.21 Å². The van der Waals surface area contributed by atoms with Crippen LogP contribution in [-0.2, 0) is 11.8 Å². The van der Waals surface area contributed by atoms with Gasteiger partial charge in [0.25, 0.3) is 5.91 Å². The monoisotopic (exact) mass is 280 g/mol. The molecule has 2 heterocycles. The van der Waals surface area contributed by atoms with Crippen LogP contribution in [0.25, 0.3) is 0 Å². The molecule has 2 aromatic rings. The third-order valence-electron chi connectivity index (χ3n) is 2.22. The molecule has 0 fully saturated rings. The molecule has 100 valence electrons. The summed E-state index contributed by atoms with van der Waals surface area (Å²) in [5, 5.41) is 12.1. The Bertz CT molecular complexity index is 605. The molecular weight excluding hydrogens is 268 g/mol. The summed E-state index contributed by atoms with van der Waals surface area (Å²) in [6.07, 6.45) is 1.49. The molecule has 0 spiro atoms. The quantitative estimate of drug-likeness (QED) is 0.853. The minimum Gasteiger partial charge on any atom is -0.462 e. The highest BCUT2D eigenvalue weighted by atomic mass is 32.1. The third-order valence-corrected chi connectivity index (χ3v) is 3.05. The first-order chi connectivity index (χ1) is 9.11. The lowest BCUT2D eigenvalue weighted by molar-refractivity contribution is 0.0528. The number of aromatic nitrogens is 3. The van der Waals surface area contributed by atoms with E-state index in [2.05, 4.69) is 15.6 Å². The zero-order valence-electron chi connectivity index (χ0n) is 10.4. The third kappa shape index (κ3) is 2.97. The van der Waals surface area contributed by atoms with Gasteiger partial charge in [-0.3, -0.25) is 9.48 Å². The Kier molecular flexibility index (Phi) is 3.91. The highest BCUT2D eigenvalue weighted by Gasteiger charge is 2.18. The summed E-state index contributed by atoms with van der Waals surface area (Å²) in [5.74, 6) is -0.876. The van der Waals surface area contributed by atoms with E-state index in [4.69, 9.17) is 4.74 Å². The van der Waals surface area contributed by atoms with Crippen LogP contribution in [0.2, 0.25) is 0 Å². The van der Waals surface area contributed by atoms with Crippen molar-refractivity contribution in [2.75, 3.05) is 11.9 Å². The lowest BCUT2D eigenvalue weighted by atomic mass is 10.3. The molecule has 0 aliphatic heterocycles. The van der Waals surface area contributed by atoms with Gasteiger partial charge in [0.15, 0.2) is 5.69 Å². The van der Waals surface area contributed by atoms with Crippen molar-refractivity contribution >= 4 is 28.2 Å². The molecule has 19 heavy (non-hydrogen) atoms. The second-order valence-electron chi connectivity index (χ2n) is 3.62. The van der Waals surface area contributed by atoms with E-state index in [0.29, 0.717) is 10.6 Å². The van der Waals surface area contributed by atoms with Crippen LogP contribution in [-0.4, -0.2) is 33.5 Å². The van der Waals surface area contributed by atoms with E-state index in [-0.39, 0.29) is 12.3 Å². The molecule has 2 aromatic heterocycles. The molecular formula is C11H12N4O3S. The van der Waals surface area contributed by atoms with E-state index in [1.807, 2.05) is 0 Å². The van der Waals surface area contributed by atoms with Gasteiger partial charge < -0.3 is 10.1 Å². The van der Waals surface area contributed by atoms with Gasteiger partial charge >= 0.3 is 5.97 Å². The van der Waals surface area contributed by atoms with Crippen LogP contribution in [0.4, 0.5) is 5.00 Å². The SMILES string of the molecule is CCOC(=O)c1ccsc1NC(=O)c1cn(C)nn1. The number of hydrogen-bond donors (Lipinski definition) is 1. The van der Waals surface area contributed by atoms with Crippen molar-refractivity contribution in [2.24, 2.45) is 7.05 Å². The molecule has 0 radical (unpaired) electrons. The first-order valence-electron chi connectivity index (χ1n) is 5.54. The largest absolute Gasteiger partial charge is 0.462 e. The van der Waals surface area contributed by atoms with Crippen LogP contribution in [0.1, 0.15) is 27.8 Å². The maximum Gasteiger partial charge on any atom is 0.341 e. The molecule has 0 aliphatic rings. The molecule has 0 unspecified atom stereocenters. The fourth-order valence-electron chi connectivity index (χ4n) is 1.39. The van der Waals surface area contributed by atoms with Crippen molar-refractivity contribution in [3.63, 3.8) is 0 Å². The Balaban J connectivity index is 2.13. The number of amides is 1. The van der Waals surface area contributed by atoms with Gasteiger partial charge in [-0.05, 0) is 18.4 Å². The smallest absolute Gasteiger partial charge is 0.341 e. The van der Waals surface area contributed by atoms with E-state index >= 15 is 0 Å². The number of carbonyl (C=O) groups excluding carboxylic acids is 2. The van der Waals surface area contributed by atoms with Crippen LogP contribution >= 0.6 is 11.3 Å². The second-order valence-corrected chi connectivity index (χ2v) is 4.53. The van der Waals surface area contributed by atoms with Crippen molar-refractivity contribution < 1.29 is 14.3 Å². The number of thiophene rings is 1. The van der Waals surface area contributed by atoms with Crippen LogP contribution in [0.3, 0.4) is 0 Å². The van der Waals surface area contributed by atoms with Gasteiger partial charge in [0.05, 0.1) is 18.4 Å². The lowest BCUT2D eigenvalue weighted by Gasteiger charge is -2.04. The molecule has 0 saturated carbocycles. The molecule has 8 heteroatoms. The highest BCUT2D eigenvalue weighted by molar-refractivity contribution is 7.14. The van der Waals surface area contributed by atoms with Gasteiger partial charge in [-0.2, -0.15) is 0 Å². The predicted molar refractivity (Wildman–Crippen MR) is 69.2 cm³/mol. The van der Waals surface area contributed by atoms with Crippen molar-refractivity contribution in [3.05, 3.63) is 28.9 Å². The highest BCUT2D eigenvalue weighted by Crippen LogP contribution is 2.24. The Morgan fingerprint density at radius 2 is 2.32 bits per heavy atom. The zero-order valence-corrected chi connectivity index (χ0v) is 11.2. The first kappa shape index (κ1) is 13.2. The van der Waals surface area contributed by atoms with Gasteiger partial charge in [-0.15, -0.1) is 16.4 Å². The van der Waals surface area contributed by atoms with Gasteiger partial charge in [0, 0.05) is 7.05 Å². The number of carbonyl (C=O) groups is 2. The zero-order chi connectivity index (χ0) is 13.8. The topological polar surface area (TPSA) is 86.1 Å². The Hall–Kier alpha value is -2.22. The Labute approximate surface area is 113 Å². The number of aryl methyl sites for hydroxylation is 1. The van der Waals surface area contributed by atoms with Crippen LogP contribution in [0.5, 0.6) is 0 Å². The first-order valence-corrected chi connectivity index (χ1v) is 6.42. The number of nitrogens with one attached hydrogen (secondary N) is 1. The van der Waals surface area contributed by atoms with Crippen LogP contribution < -0.4 is 5.32 Å². The molecule has 7 nitrogen and oxygen atoms in total. The maximum atomic E-state index is 11.9. The summed E-state index contributed by atoms with van der Waals surface area (Å²) in [6, 6.07) is 1.61. The molecule has 0 saturated heterocycles. The molecule has 0 bridgehead atoms. The average Bonchev–Trinajstić information content (AvgIpc) is 2.98. The van der Waals surface area contributed by atoms with Gasteiger partial charge in [0.1, 0.15) is 5.00 Å². The molecule has 1 N–H and O–H groups in total. The summed E-state index contributed by atoms with van der Waals surface area (Å²) < 4.78 is 6.33. The van der Waals surface area contributed by atoms with E-state index in [9.17, 15) is 9.59 Å². The summed E-state index contributed by atoms with van der Waals surface area (Å²) in [7, 11) is 1.67. The van der Waals surface area contributed by atoms with E-state index in [1.54, 1.807) is 25.4 Å². The fourth-order valence-corrected chi connectivity index (χ4v) is 2.16. The molecule has 0 aromatic carbocycles. The van der Waals surface area contributed by atoms with Crippen LogP contribution in [0, 0.1) is 0 Å². The summed E-state index contributed by atoms with van der Waals surface area (Å²) in [5.41, 5.74) is 0.523. The average molecular weight is 280 g/mol. The summed E-state index contributed by atoms with van der Waals surface area (Å²) >= 11 is 1.25. The molecule has 1 amide bonds.